The summed E-state index contributed by atoms with van der Waals surface area (Å²) in [5, 5.41) is 2.44. The fourth-order valence-corrected chi connectivity index (χ4v) is 4.44. The summed E-state index contributed by atoms with van der Waals surface area (Å²) in [6.45, 7) is 7.47. The first-order valence-corrected chi connectivity index (χ1v) is 8.85. The molecule has 0 aliphatic rings. The van der Waals surface area contributed by atoms with E-state index in [9.17, 15) is 0 Å². The van der Waals surface area contributed by atoms with Crippen LogP contribution in [0.25, 0.3) is 21.3 Å². The highest BCUT2D eigenvalue weighted by Gasteiger charge is 2.16. The van der Waals surface area contributed by atoms with E-state index in [4.69, 9.17) is 4.98 Å². The van der Waals surface area contributed by atoms with Crippen molar-refractivity contribution in [2.45, 2.75) is 33.7 Å². The van der Waals surface area contributed by atoms with Gasteiger partial charge in [0.05, 0.1) is 10.5 Å². The quantitative estimate of drug-likeness (QED) is 0.493. The van der Waals surface area contributed by atoms with Gasteiger partial charge in [0.15, 0.2) is 0 Å². The molecule has 116 valence electrons. The maximum atomic E-state index is 4.80. The molecular weight excluding hydrogens is 300 g/mol. The smallest absolute Gasteiger partial charge is 0.124 e. The lowest BCUT2D eigenvalue weighted by atomic mass is 10.1. The number of aryl methyl sites for hydroxylation is 5. The first kappa shape index (κ1) is 14.5. The molecular formula is C20H20N2S. The van der Waals surface area contributed by atoms with E-state index in [1.807, 2.05) is 0 Å². The van der Waals surface area contributed by atoms with Crippen molar-refractivity contribution in [3.8, 4) is 0 Å². The molecule has 0 aliphatic heterocycles. The van der Waals surface area contributed by atoms with E-state index >= 15 is 0 Å². The van der Waals surface area contributed by atoms with Crippen molar-refractivity contribution in [2.75, 3.05) is 0 Å². The Bertz CT molecular complexity index is 993. The van der Waals surface area contributed by atoms with Crippen molar-refractivity contribution in [2.24, 2.45) is 0 Å². The van der Waals surface area contributed by atoms with Crippen molar-refractivity contribution in [1.29, 1.82) is 0 Å². The summed E-state index contributed by atoms with van der Waals surface area (Å²) >= 11 is 1.81. The second kappa shape index (κ2) is 5.50. The molecule has 2 aromatic carbocycles. The summed E-state index contributed by atoms with van der Waals surface area (Å²) in [7, 11) is 0. The van der Waals surface area contributed by atoms with Crippen LogP contribution in [0.2, 0.25) is 0 Å². The fraction of sp³-hybridized carbons (Fsp3) is 0.250. The molecule has 4 aromatic rings. The lowest BCUT2D eigenvalue weighted by Gasteiger charge is -2.09. The number of fused-ring (bicyclic) bond motifs is 3. The Morgan fingerprint density at radius 3 is 2.61 bits per heavy atom. The van der Waals surface area contributed by atoms with Crippen LogP contribution in [0.3, 0.4) is 0 Å². The number of hydrogen-bond donors (Lipinski definition) is 0. The maximum Gasteiger partial charge on any atom is 0.124 e. The first-order valence-electron chi connectivity index (χ1n) is 8.04. The molecule has 0 saturated heterocycles. The molecule has 0 amide bonds. The summed E-state index contributed by atoms with van der Waals surface area (Å²) in [5.74, 6) is 0. The van der Waals surface area contributed by atoms with Gasteiger partial charge in [0.1, 0.15) is 10.3 Å². The number of hydrogen-bond acceptors (Lipinski definition) is 2. The van der Waals surface area contributed by atoms with E-state index in [2.05, 4.69) is 67.8 Å². The molecule has 2 aromatic heterocycles. The van der Waals surface area contributed by atoms with Gasteiger partial charge in [-0.05, 0) is 44.4 Å². The second-order valence-electron chi connectivity index (χ2n) is 6.25. The van der Waals surface area contributed by atoms with E-state index in [1.54, 1.807) is 11.3 Å². The normalized spacial score (nSPS) is 11.6. The Morgan fingerprint density at radius 2 is 1.83 bits per heavy atom. The zero-order chi connectivity index (χ0) is 16.0. The highest BCUT2D eigenvalue weighted by Crippen LogP contribution is 2.35. The molecule has 0 fully saturated rings. The molecule has 0 radical (unpaired) electrons. The van der Waals surface area contributed by atoms with Crippen molar-refractivity contribution < 1.29 is 0 Å². The van der Waals surface area contributed by atoms with Crippen molar-refractivity contribution in [3.63, 3.8) is 0 Å². The van der Waals surface area contributed by atoms with E-state index in [0.29, 0.717) is 0 Å². The van der Waals surface area contributed by atoms with Crippen LogP contribution in [0.4, 0.5) is 0 Å². The third kappa shape index (κ3) is 2.45. The number of benzene rings is 2. The van der Waals surface area contributed by atoms with Crippen molar-refractivity contribution in [3.05, 3.63) is 64.2 Å². The summed E-state index contributed by atoms with van der Waals surface area (Å²) in [4.78, 5) is 6.10. The van der Waals surface area contributed by atoms with Crippen molar-refractivity contribution in [1.82, 2.24) is 9.55 Å². The molecule has 0 N–H and O–H groups in total. The topological polar surface area (TPSA) is 17.8 Å². The molecule has 0 aliphatic carbocycles. The van der Waals surface area contributed by atoms with Gasteiger partial charge in [0.2, 0.25) is 0 Å². The van der Waals surface area contributed by atoms with Gasteiger partial charge < -0.3 is 4.57 Å². The monoisotopic (exact) mass is 320 g/mol. The molecule has 0 spiro atoms. The molecule has 0 saturated carbocycles. The Kier molecular flexibility index (Phi) is 3.46. The van der Waals surface area contributed by atoms with Crippen LogP contribution in [0.1, 0.15) is 21.7 Å². The van der Waals surface area contributed by atoms with Gasteiger partial charge >= 0.3 is 0 Å². The van der Waals surface area contributed by atoms with Crippen LogP contribution in [-0.2, 0) is 13.0 Å². The lowest BCUT2D eigenvalue weighted by Crippen LogP contribution is -2.01. The SMILES string of the molecule is Cc1cc(C)c2c(c1)c1nc(C)sc1n2CCc1ccccc1. The number of aromatic nitrogens is 2. The van der Waals surface area contributed by atoms with Crippen molar-refractivity contribution >= 4 is 32.6 Å². The zero-order valence-electron chi connectivity index (χ0n) is 13.8. The molecule has 4 rings (SSSR count). The molecule has 3 heteroatoms. The third-order valence-corrected chi connectivity index (χ3v) is 5.39. The van der Waals surface area contributed by atoms with Crippen LogP contribution >= 0.6 is 11.3 Å². The van der Waals surface area contributed by atoms with Gasteiger partial charge in [-0.3, -0.25) is 0 Å². The maximum absolute atomic E-state index is 4.80. The number of thiazole rings is 1. The predicted octanol–water partition coefficient (Wildman–Crippen LogP) is 5.42. The molecule has 23 heavy (non-hydrogen) atoms. The molecule has 2 heterocycles. The Balaban J connectivity index is 1.88. The third-order valence-electron chi connectivity index (χ3n) is 4.40. The summed E-state index contributed by atoms with van der Waals surface area (Å²) in [5.41, 5.74) is 6.55. The van der Waals surface area contributed by atoms with E-state index < -0.39 is 0 Å². The van der Waals surface area contributed by atoms with Crippen LogP contribution in [0.5, 0.6) is 0 Å². The van der Waals surface area contributed by atoms with Crippen LogP contribution in [0, 0.1) is 20.8 Å². The summed E-state index contributed by atoms with van der Waals surface area (Å²) in [6, 6.07) is 15.3. The summed E-state index contributed by atoms with van der Waals surface area (Å²) < 4.78 is 2.47. The zero-order valence-corrected chi connectivity index (χ0v) is 14.6. The Hall–Kier alpha value is -2.13. The Morgan fingerprint density at radius 1 is 1.04 bits per heavy atom. The van der Waals surface area contributed by atoms with Crippen LogP contribution in [-0.4, -0.2) is 9.55 Å². The van der Waals surface area contributed by atoms with Crippen LogP contribution < -0.4 is 0 Å². The number of rotatable bonds is 3. The predicted molar refractivity (Wildman–Crippen MR) is 99.5 cm³/mol. The van der Waals surface area contributed by atoms with Gasteiger partial charge in [-0.2, -0.15) is 0 Å². The van der Waals surface area contributed by atoms with E-state index in [1.165, 1.54) is 37.9 Å². The standard InChI is InChI=1S/C20H20N2S/c1-13-11-14(2)19-17(12-13)18-20(23-15(3)21-18)22(19)10-9-16-7-5-4-6-8-16/h4-8,11-12H,9-10H2,1-3H3. The van der Waals surface area contributed by atoms with Gasteiger partial charge in [0.25, 0.3) is 0 Å². The first-order chi connectivity index (χ1) is 11.1. The van der Waals surface area contributed by atoms with E-state index in [-0.39, 0.29) is 0 Å². The average Bonchev–Trinajstić information content (AvgIpc) is 3.03. The molecule has 2 nitrogen and oxygen atoms in total. The second-order valence-corrected chi connectivity index (χ2v) is 7.43. The highest BCUT2D eigenvalue weighted by atomic mass is 32.1. The van der Waals surface area contributed by atoms with Gasteiger partial charge in [-0.15, -0.1) is 11.3 Å². The minimum atomic E-state index is 0.996. The molecule has 0 bridgehead atoms. The lowest BCUT2D eigenvalue weighted by molar-refractivity contribution is 0.747. The van der Waals surface area contributed by atoms with E-state index in [0.717, 1.165) is 18.0 Å². The highest BCUT2D eigenvalue weighted by molar-refractivity contribution is 7.18. The average molecular weight is 320 g/mol. The van der Waals surface area contributed by atoms with Gasteiger partial charge in [-0.1, -0.05) is 42.0 Å². The fourth-order valence-electron chi connectivity index (χ4n) is 3.47. The molecule has 0 atom stereocenters. The van der Waals surface area contributed by atoms with Gasteiger partial charge in [0, 0.05) is 11.9 Å². The molecule has 0 unspecified atom stereocenters. The minimum absolute atomic E-state index is 0.996. The minimum Gasteiger partial charge on any atom is -0.330 e. The Labute approximate surface area is 140 Å². The summed E-state index contributed by atoms with van der Waals surface area (Å²) in [6.07, 6.45) is 1.05. The van der Waals surface area contributed by atoms with Crippen LogP contribution in [0.15, 0.2) is 42.5 Å². The largest absolute Gasteiger partial charge is 0.330 e. The van der Waals surface area contributed by atoms with Gasteiger partial charge in [-0.25, -0.2) is 4.98 Å². The number of nitrogens with zero attached hydrogens (tertiary/aromatic N) is 2.